The predicted molar refractivity (Wildman–Crippen MR) is 80.1 cm³/mol. The number of nitrogens with zero attached hydrogens (tertiary/aromatic N) is 1. The molecule has 1 heterocycles. The van der Waals surface area contributed by atoms with E-state index < -0.39 is 0 Å². The highest BCUT2D eigenvalue weighted by atomic mass is 79.9. The van der Waals surface area contributed by atoms with Crippen LogP contribution in [0.25, 0.3) is 0 Å². The fourth-order valence-electron chi connectivity index (χ4n) is 2.36. The van der Waals surface area contributed by atoms with Gasteiger partial charge in [0.05, 0.1) is 0 Å². The molecule has 0 bridgehead atoms. The van der Waals surface area contributed by atoms with Crippen molar-refractivity contribution in [2.45, 2.75) is 25.7 Å². The minimum atomic E-state index is 0.445. The molecule has 0 saturated carbocycles. The fraction of sp³-hybridized carbons (Fsp3) is 0.267. The van der Waals surface area contributed by atoms with Crippen LogP contribution in [0.5, 0.6) is 11.6 Å². The first-order chi connectivity index (χ1) is 9.22. The molecule has 0 saturated heterocycles. The van der Waals surface area contributed by atoms with E-state index in [1.807, 2.05) is 6.07 Å². The summed E-state index contributed by atoms with van der Waals surface area (Å²) in [6, 6.07) is 8.03. The van der Waals surface area contributed by atoms with Crippen molar-refractivity contribution in [1.82, 2.24) is 4.98 Å². The Kier molecular flexibility index (Phi) is 3.76. The van der Waals surface area contributed by atoms with Gasteiger partial charge in [0.25, 0.3) is 0 Å². The third-order valence-electron chi connectivity index (χ3n) is 3.31. The van der Waals surface area contributed by atoms with Gasteiger partial charge in [-0.05, 0) is 70.9 Å². The van der Waals surface area contributed by atoms with Gasteiger partial charge in [-0.3, -0.25) is 0 Å². The van der Waals surface area contributed by atoms with Crippen molar-refractivity contribution >= 4 is 27.5 Å². The van der Waals surface area contributed by atoms with Crippen molar-refractivity contribution in [2.75, 3.05) is 0 Å². The SMILES string of the molecule is Clc1cc(Br)cnc1Oc1ccc2c(c1)CCCC2. The third kappa shape index (κ3) is 2.93. The Hall–Kier alpha value is -1.06. The van der Waals surface area contributed by atoms with Gasteiger partial charge in [0.2, 0.25) is 5.88 Å². The van der Waals surface area contributed by atoms with E-state index in [0.717, 1.165) is 16.6 Å². The maximum Gasteiger partial charge on any atom is 0.238 e. The molecule has 0 aliphatic heterocycles. The van der Waals surface area contributed by atoms with Crippen LogP contribution < -0.4 is 4.74 Å². The summed E-state index contributed by atoms with van der Waals surface area (Å²) >= 11 is 9.43. The summed E-state index contributed by atoms with van der Waals surface area (Å²) in [5.41, 5.74) is 2.82. The van der Waals surface area contributed by atoms with E-state index in [-0.39, 0.29) is 0 Å². The lowest BCUT2D eigenvalue weighted by molar-refractivity contribution is 0.461. The van der Waals surface area contributed by atoms with Crippen LogP contribution in [0, 0.1) is 0 Å². The minimum absolute atomic E-state index is 0.445. The van der Waals surface area contributed by atoms with Gasteiger partial charge in [0.15, 0.2) is 0 Å². The Bertz CT molecular complexity index is 615. The highest BCUT2D eigenvalue weighted by molar-refractivity contribution is 9.10. The Morgan fingerprint density at radius 3 is 2.68 bits per heavy atom. The molecule has 1 aliphatic carbocycles. The van der Waals surface area contributed by atoms with Crippen LogP contribution in [-0.4, -0.2) is 4.98 Å². The lowest BCUT2D eigenvalue weighted by atomic mass is 9.92. The monoisotopic (exact) mass is 337 g/mol. The smallest absolute Gasteiger partial charge is 0.238 e. The van der Waals surface area contributed by atoms with E-state index in [4.69, 9.17) is 16.3 Å². The predicted octanol–water partition coefficient (Wildman–Crippen LogP) is 5.17. The second-order valence-electron chi connectivity index (χ2n) is 4.68. The standard InChI is InChI=1S/C15H13BrClNO/c16-12-8-14(17)15(18-9-12)19-13-6-5-10-3-1-2-4-11(10)7-13/h5-9H,1-4H2. The van der Waals surface area contributed by atoms with Gasteiger partial charge >= 0.3 is 0 Å². The first-order valence-corrected chi connectivity index (χ1v) is 7.50. The maximum atomic E-state index is 6.11. The molecular weight excluding hydrogens is 326 g/mol. The second-order valence-corrected chi connectivity index (χ2v) is 6.00. The Morgan fingerprint density at radius 2 is 1.89 bits per heavy atom. The van der Waals surface area contributed by atoms with Crippen LogP contribution in [0.1, 0.15) is 24.0 Å². The van der Waals surface area contributed by atoms with Crippen molar-refractivity contribution in [1.29, 1.82) is 0 Å². The van der Waals surface area contributed by atoms with Crippen LogP contribution in [0.2, 0.25) is 5.02 Å². The number of rotatable bonds is 2. The van der Waals surface area contributed by atoms with Gasteiger partial charge < -0.3 is 4.74 Å². The van der Waals surface area contributed by atoms with Gasteiger partial charge in [-0.25, -0.2) is 4.98 Å². The molecule has 19 heavy (non-hydrogen) atoms. The molecule has 0 unspecified atom stereocenters. The van der Waals surface area contributed by atoms with E-state index >= 15 is 0 Å². The number of fused-ring (bicyclic) bond motifs is 1. The van der Waals surface area contributed by atoms with Crippen LogP contribution >= 0.6 is 27.5 Å². The number of halogens is 2. The van der Waals surface area contributed by atoms with Crippen LogP contribution in [0.3, 0.4) is 0 Å². The summed E-state index contributed by atoms with van der Waals surface area (Å²) in [6.07, 6.45) is 6.53. The Labute approximate surface area is 125 Å². The average molecular weight is 339 g/mol. The maximum absolute atomic E-state index is 6.11. The number of pyridine rings is 1. The first-order valence-electron chi connectivity index (χ1n) is 6.33. The van der Waals surface area contributed by atoms with E-state index in [1.165, 1.54) is 30.4 Å². The molecule has 98 valence electrons. The Morgan fingerprint density at radius 1 is 1.11 bits per heavy atom. The number of ether oxygens (including phenoxy) is 1. The van der Waals surface area contributed by atoms with E-state index in [0.29, 0.717) is 10.9 Å². The summed E-state index contributed by atoms with van der Waals surface area (Å²) in [5.74, 6) is 1.25. The molecule has 2 aromatic rings. The molecule has 0 spiro atoms. The van der Waals surface area contributed by atoms with E-state index in [1.54, 1.807) is 12.3 Å². The summed E-state index contributed by atoms with van der Waals surface area (Å²) in [6.45, 7) is 0. The molecule has 3 rings (SSSR count). The van der Waals surface area contributed by atoms with Gasteiger partial charge in [-0.15, -0.1) is 0 Å². The Balaban J connectivity index is 1.87. The zero-order valence-electron chi connectivity index (χ0n) is 10.3. The fourth-order valence-corrected chi connectivity index (χ4v) is 3.03. The number of benzene rings is 1. The first kappa shape index (κ1) is 12.9. The highest BCUT2D eigenvalue weighted by Crippen LogP contribution is 2.31. The number of hydrogen-bond acceptors (Lipinski definition) is 2. The molecule has 2 nitrogen and oxygen atoms in total. The molecule has 0 fully saturated rings. The summed E-state index contributed by atoms with van der Waals surface area (Å²) in [5, 5.41) is 0.507. The molecule has 0 N–H and O–H groups in total. The van der Waals surface area contributed by atoms with Crippen molar-refractivity contribution in [3.8, 4) is 11.6 Å². The number of aromatic nitrogens is 1. The summed E-state index contributed by atoms with van der Waals surface area (Å²) in [7, 11) is 0. The molecule has 4 heteroatoms. The van der Waals surface area contributed by atoms with Crippen molar-refractivity contribution in [2.24, 2.45) is 0 Å². The normalized spacial score (nSPS) is 14.0. The summed E-state index contributed by atoms with van der Waals surface area (Å²) in [4.78, 5) is 4.18. The van der Waals surface area contributed by atoms with Crippen LogP contribution in [-0.2, 0) is 12.8 Å². The molecule has 0 radical (unpaired) electrons. The van der Waals surface area contributed by atoms with Crippen LogP contribution in [0.15, 0.2) is 34.9 Å². The van der Waals surface area contributed by atoms with Gasteiger partial charge in [0, 0.05) is 10.7 Å². The van der Waals surface area contributed by atoms with Crippen molar-refractivity contribution in [3.63, 3.8) is 0 Å². The minimum Gasteiger partial charge on any atom is -0.438 e. The number of hydrogen-bond donors (Lipinski definition) is 0. The molecule has 0 atom stereocenters. The highest BCUT2D eigenvalue weighted by Gasteiger charge is 2.11. The zero-order valence-corrected chi connectivity index (χ0v) is 12.7. The molecule has 1 aliphatic rings. The molecule has 0 amide bonds. The quantitative estimate of drug-likeness (QED) is 0.753. The largest absolute Gasteiger partial charge is 0.438 e. The molecule has 1 aromatic heterocycles. The van der Waals surface area contributed by atoms with Gasteiger partial charge in [-0.1, -0.05) is 17.7 Å². The van der Waals surface area contributed by atoms with Crippen molar-refractivity contribution in [3.05, 3.63) is 51.1 Å². The second kappa shape index (κ2) is 5.51. The number of aryl methyl sites for hydroxylation is 2. The van der Waals surface area contributed by atoms with Gasteiger partial charge in [-0.2, -0.15) is 0 Å². The third-order valence-corrected chi connectivity index (χ3v) is 4.01. The van der Waals surface area contributed by atoms with Crippen molar-refractivity contribution < 1.29 is 4.74 Å². The van der Waals surface area contributed by atoms with Crippen LogP contribution in [0.4, 0.5) is 0 Å². The lowest BCUT2D eigenvalue weighted by Gasteiger charge is -2.16. The lowest BCUT2D eigenvalue weighted by Crippen LogP contribution is -2.02. The topological polar surface area (TPSA) is 22.1 Å². The average Bonchev–Trinajstić information content (AvgIpc) is 2.42. The van der Waals surface area contributed by atoms with E-state index in [9.17, 15) is 0 Å². The zero-order chi connectivity index (χ0) is 13.2. The van der Waals surface area contributed by atoms with E-state index in [2.05, 4.69) is 33.0 Å². The summed E-state index contributed by atoms with van der Waals surface area (Å²) < 4.78 is 6.61. The molecule has 1 aromatic carbocycles. The molecular formula is C15H13BrClNO. The van der Waals surface area contributed by atoms with Gasteiger partial charge in [0.1, 0.15) is 10.8 Å².